The van der Waals surface area contributed by atoms with Crippen LogP contribution in [0.1, 0.15) is 22.8 Å². The lowest BCUT2D eigenvalue weighted by Gasteiger charge is -2.35. The van der Waals surface area contributed by atoms with Crippen molar-refractivity contribution in [1.82, 2.24) is 4.98 Å². The summed E-state index contributed by atoms with van der Waals surface area (Å²) in [6.07, 6.45) is 2.45. The molecule has 0 N–H and O–H groups in total. The number of aryl methyl sites for hydroxylation is 1. The number of nitrogens with zero attached hydrogens (tertiary/aromatic N) is 2. The van der Waals surface area contributed by atoms with E-state index in [1.165, 1.54) is 0 Å². The van der Waals surface area contributed by atoms with Crippen molar-refractivity contribution in [3.63, 3.8) is 0 Å². The van der Waals surface area contributed by atoms with Gasteiger partial charge in [-0.15, -0.1) is 0 Å². The van der Waals surface area contributed by atoms with Gasteiger partial charge in [-0.25, -0.2) is 4.98 Å². The van der Waals surface area contributed by atoms with E-state index in [4.69, 9.17) is 4.74 Å². The average Bonchev–Trinajstić information content (AvgIpc) is 2.30. The van der Waals surface area contributed by atoms with Crippen molar-refractivity contribution in [3.8, 4) is 0 Å². The van der Waals surface area contributed by atoms with Crippen LogP contribution >= 0.6 is 0 Å². The second-order valence-corrected chi connectivity index (χ2v) is 4.14. The molecule has 2 heterocycles. The second-order valence-electron chi connectivity index (χ2n) is 4.14. The van der Waals surface area contributed by atoms with E-state index < -0.39 is 0 Å². The van der Waals surface area contributed by atoms with Crippen LogP contribution in [0.2, 0.25) is 0 Å². The molecule has 2 rings (SSSR count). The molecular weight excluding hydrogens is 204 g/mol. The quantitative estimate of drug-likeness (QED) is 0.707. The van der Waals surface area contributed by atoms with E-state index in [1.54, 1.807) is 6.20 Å². The van der Waals surface area contributed by atoms with E-state index in [0.29, 0.717) is 11.6 Å². The van der Waals surface area contributed by atoms with Crippen LogP contribution < -0.4 is 4.90 Å². The first-order valence-corrected chi connectivity index (χ1v) is 5.48. The molecule has 1 aromatic rings. The van der Waals surface area contributed by atoms with Crippen LogP contribution in [0.5, 0.6) is 0 Å². The van der Waals surface area contributed by atoms with Gasteiger partial charge in [0.2, 0.25) is 0 Å². The van der Waals surface area contributed by atoms with Crippen molar-refractivity contribution in [2.24, 2.45) is 0 Å². The molecule has 0 radical (unpaired) electrons. The number of carbonyl (C=O) groups excluding carboxylic acids is 1. The summed E-state index contributed by atoms with van der Waals surface area (Å²) >= 11 is 0. The van der Waals surface area contributed by atoms with Crippen molar-refractivity contribution in [2.45, 2.75) is 19.9 Å². The Kier molecular flexibility index (Phi) is 3.19. The lowest BCUT2D eigenvalue weighted by atomic mass is 10.1. The molecule has 1 aliphatic heterocycles. The fraction of sp³-hybridized carbons (Fsp3) is 0.500. The first kappa shape index (κ1) is 11.1. The number of hydrogen-bond acceptors (Lipinski definition) is 4. The molecule has 4 nitrogen and oxygen atoms in total. The predicted octanol–water partition coefficient (Wildman–Crippen LogP) is 1.43. The number of anilines is 1. The normalized spacial score (nSPS) is 20.9. The maximum atomic E-state index is 10.6. The van der Waals surface area contributed by atoms with Gasteiger partial charge in [0, 0.05) is 18.3 Å². The zero-order chi connectivity index (χ0) is 11.5. The number of carbonyl (C=O) groups is 1. The van der Waals surface area contributed by atoms with Crippen LogP contribution in [-0.2, 0) is 4.74 Å². The number of morpholine rings is 1. The Morgan fingerprint density at radius 2 is 2.44 bits per heavy atom. The van der Waals surface area contributed by atoms with E-state index in [-0.39, 0.29) is 0 Å². The maximum absolute atomic E-state index is 10.6. The van der Waals surface area contributed by atoms with Crippen molar-refractivity contribution in [2.75, 3.05) is 24.7 Å². The highest BCUT2D eigenvalue weighted by atomic mass is 16.5. The Bertz CT molecular complexity index is 393. The van der Waals surface area contributed by atoms with Crippen molar-refractivity contribution in [3.05, 3.63) is 23.4 Å². The molecule has 0 bridgehead atoms. The second kappa shape index (κ2) is 4.61. The van der Waals surface area contributed by atoms with E-state index in [2.05, 4.69) is 16.8 Å². The van der Waals surface area contributed by atoms with E-state index in [1.807, 2.05) is 13.0 Å². The summed E-state index contributed by atoms with van der Waals surface area (Å²) in [4.78, 5) is 17.2. The van der Waals surface area contributed by atoms with Gasteiger partial charge in [0.05, 0.1) is 19.3 Å². The molecule has 0 aromatic carbocycles. The van der Waals surface area contributed by atoms with Crippen LogP contribution in [0, 0.1) is 6.92 Å². The average molecular weight is 220 g/mol. The predicted molar refractivity (Wildman–Crippen MR) is 62.0 cm³/mol. The van der Waals surface area contributed by atoms with Gasteiger partial charge >= 0.3 is 0 Å². The molecule has 86 valence electrons. The number of hydrogen-bond donors (Lipinski definition) is 0. The smallest absolute Gasteiger partial charge is 0.151 e. The number of rotatable bonds is 2. The van der Waals surface area contributed by atoms with Crippen molar-refractivity contribution in [1.29, 1.82) is 0 Å². The standard InChI is InChI=1S/C12H16N2O2/c1-9-5-11(7-15)6-13-12(9)14-3-4-16-8-10(14)2/h5-7,10H,3-4,8H2,1-2H3/t10-/m0/s1. The van der Waals surface area contributed by atoms with Gasteiger partial charge < -0.3 is 9.64 Å². The molecule has 0 unspecified atom stereocenters. The summed E-state index contributed by atoms with van der Waals surface area (Å²) in [5, 5.41) is 0. The SMILES string of the molecule is Cc1cc(C=O)cnc1N1CCOC[C@@H]1C. The van der Waals surface area contributed by atoms with Gasteiger partial charge in [-0.3, -0.25) is 4.79 Å². The zero-order valence-corrected chi connectivity index (χ0v) is 9.64. The van der Waals surface area contributed by atoms with Crippen LogP contribution in [0.15, 0.2) is 12.3 Å². The lowest BCUT2D eigenvalue weighted by Crippen LogP contribution is -2.44. The molecule has 0 aliphatic carbocycles. The highest BCUT2D eigenvalue weighted by Crippen LogP contribution is 2.21. The zero-order valence-electron chi connectivity index (χ0n) is 9.64. The number of aromatic nitrogens is 1. The van der Waals surface area contributed by atoms with Gasteiger partial charge in [0.15, 0.2) is 6.29 Å². The van der Waals surface area contributed by atoms with Gasteiger partial charge in [-0.1, -0.05) is 0 Å². The highest BCUT2D eigenvalue weighted by Gasteiger charge is 2.21. The third-order valence-corrected chi connectivity index (χ3v) is 2.85. The molecule has 1 saturated heterocycles. The Morgan fingerprint density at radius 3 is 3.06 bits per heavy atom. The summed E-state index contributed by atoms with van der Waals surface area (Å²) in [6, 6.07) is 2.21. The van der Waals surface area contributed by atoms with Gasteiger partial charge in [-0.05, 0) is 25.5 Å². The number of pyridine rings is 1. The third-order valence-electron chi connectivity index (χ3n) is 2.85. The van der Waals surface area contributed by atoms with Crippen LogP contribution in [0.25, 0.3) is 0 Å². The summed E-state index contributed by atoms with van der Waals surface area (Å²) in [6.45, 7) is 6.43. The summed E-state index contributed by atoms with van der Waals surface area (Å²) in [7, 11) is 0. The van der Waals surface area contributed by atoms with Gasteiger partial charge in [0.25, 0.3) is 0 Å². The monoisotopic (exact) mass is 220 g/mol. The van der Waals surface area contributed by atoms with Crippen molar-refractivity contribution >= 4 is 12.1 Å². The van der Waals surface area contributed by atoms with Crippen molar-refractivity contribution < 1.29 is 9.53 Å². The molecule has 1 atom stereocenters. The molecule has 1 fully saturated rings. The molecule has 16 heavy (non-hydrogen) atoms. The topological polar surface area (TPSA) is 42.4 Å². The fourth-order valence-electron chi connectivity index (χ4n) is 2.00. The maximum Gasteiger partial charge on any atom is 0.151 e. The number of ether oxygens (including phenoxy) is 1. The molecule has 0 amide bonds. The minimum absolute atomic E-state index is 0.335. The van der Waals surface area contributed by atoms with Crippen LogP contribution in [0.4, 0.5) is 5.82 Å². The van der Waals surface area contributed by atoms with E-state index in [9.17, 15) is 4.79 Å². The van der Waals surface area contributed by atoms with Gasteiger partial charge in [0.1, 0.15) is 5.82 Å². The first-order chi connectivity index (χ1) is 7.72. The fourth-order valence-corrected chi connectivity index (χ4v) is 2.00. The molecular formula is C12H16N2O2. The summed E-state index contributed by atoms with van der Waals surface area (Å²) in [5.41, 5.74) is 1.67. The minimum Gasteiger partial charge on any atom is -0.377 e. The number of aldehydes is 1. The first-order valence-electron chi connectivity index (χ1n) is 5.48. The van der Waals surface area contributed by atoms with E-state index >= 15 is 0 Å². The summed E-state index contributed by atoms with van der Waals surface area (Å²) in [5.74, 6) is 0.960. The van der Waals surface area contributed by atoms with Crippen LogP contribution in [-0.4, -0.2) is 37.1 Å². The third kappa shape index (κ3) is 2.07. The molecule has 0 saturated carbocycles. The summed E-state index contributed by atoms with van der Waals surface area (Å²) < 4.78 is 5.39. The molecule has 1 aliphatic rings. The highest BCUT2D eigenvalue weighted by molar-refractivity contribution is 5.75. The Balaban J connectivity index is 2.28. The Labute approximate surface area is 95.2 Å². The molecule has 1 aromatic heterocycles. The minimum atomic E-state index is 0.335. The Hall–Kier alpha value is -1.42. The Morgan fingerprint density at radius 1 is 1.62 bits per heavy atom. The molecule has 0 spiro atoms. The van der Waals surface area contributed by atoms with Crippen LogP contribution in [0.3, 0.4) is 0 Å². The largest absolute Gasteiger partial charge is 0.377 e. The van der Waals surface area contributed by atoms with Gasteiger partial charge in [-0.2, -0.15) is 0 Å². The molecule has 4 heteroatoms. The lowest BCUT2D eigenvalue weighted by molar-refractivity contribution is 0.0984. The van der Waals surface area contributed by atoms with E-state index in [0.717, 1.165) is 37.4 Å².